The molecule has 16 heavy (non-hydrogen) atoms. The summed E-state index contributed by atoms with van der Waals surface area (Å²) in [5.41, 5.74) is -0.917. The molecule has 0 heterocycles. The number of hydrogen-bond donors (Lipinski definition) is 2. The van der Waals surface area contributed by atoms with E-state index >= 15 is 0 Å². The van der Waals surface area contributed by atoms with Crippen molar-refractivity contribution in [2.75, 3.05) is 6.61 Å². The lowest BCUT2D eigenvalue weighted by Gasteiger charge is -2.17. The largest absolute Gasteiger partial charge is 0.479 e. The van der Waals surface area contributed by atoms with E-state index in [1.807, 2.05) is 24.3 Å². The monoisotopic (exact) mass is 288 g/mol. The van der Waals surface area contributed by atoms with Gasteiger partial charge in [0.1, 0.15) is 0 Å². The van der Waals surface area contributed by atoms with Crippen molar-refractivity contribution in [2.24, 2.45) is 0 Å². The van der Waals surface area contributed by atoms with Crippen molar-refractivity contribution >= 4 is 21.9 Å². The zero-order valence-corrected chi connectivity index (χ0v) is 10.4. The summed E-state index contributed by atoms with van der Waals surface area (Å²) < 4.78 is 6.11. The standard InChI is InChI=1S/C11H13BrO4/c1-11(15,10(13)14)7-16-6-8-2-4-9(12)5-3-8/h2-5,15H,6-7H2,1H3,(H,13,14). The molecule has 5 heteroatoms. The third-order valence-electron chi connectivity index (χ3n) is 2.03. The summed E-state index contributed by atoms with van der Waals surface area (Å²) in [6, 6.07) is 7.46. The number of rotatable bonds is 5. The van der Waals surface area contributed by atoms with E-state index in [1.165, 1.54) is 6.92 Å². The minimum atomic E-state index is -1.84. The van der Waals surface area contributed by atoms with Crippen LogP contribution in [0.15, 0.2) is 28.7 Å². The lowest BCUT2D eigenvalue weighted by Crippen LogP contribution is -2.39. The van der Waals surface area contributed by atoms with E-state index in [4.69, 9.17) is 9.84 Å². The van der Waals surface area contributed by atoms with Gasteiger partial charge in [-0.15, -0.1) is 0 Å². The highest BCUT2D eigenvalue weighted by Crippen LogP contribution is 2.12. The predicted molar refractivity (Wildman–Crippen MR) is 62.1 cm³/mol. The Balaban J connectivity index is 2.41. The molecule has 1 rings (SSSR count). The molecule has 88 valence electrons. The van der Waals surface area contributed by atoms with E-state index in [1.54, 1.807) is 0 Å². The highest BCUT2D eigenvalue weighted by atomic mass is 79.9. The number of carboxylic acid groups (broad SMARTS) is 1. The summed E-state index contributed by atoms with van der Waals surface area (Å²) >= 11 is 3.31. The van der Waals surface area contributed by atoms with Crippen LogP contribution >= 0.6 is 15.9 Å². The predicted octanol–water partition coefficient (Wildman–Crippen LogP) is 1.80. The van der Waals surface area contributed by atoms with Crippen LogP contribution in [0.1, 0.15) is 12.5 Å². The van der Waals surface area contributed by atoms with Gasteiger partial charge in [0.15, 0.2) is 5.60 Å². The second-order valence-corrected chi connectivity index (χ2v) is 4.61. The van der Waals surface area contributed by atoms with Crippen LogP contribution in [0.5, 0.6) is 0 Å². The highest BCUT2D eigenvalue weighted by Gasteiger charge is 2.29. The summed E-state index contributed by atoms with van der Waals surface area (Å²) in [7, 11) is 0. The second-order valence-electron chi connectivity index (χ2n) is 3.70. The molecule has 1 unspecified atom stereocenters. The average molecular weight is 289 g/mol. The molecule has 0 saturated carbocycles. The molecule has 1 aromatic rings. The maximum atomic E-state index is 10.6. The van der Waals surface area contributed by atoms with Crippen LogP contribution < -0.4 is 0 Å². The van der Waals surface area contributed by atoms with Gasteiger partial charge in [0, 0.05) is 4.47 Å². The van der Waals surface area contributed by atoms with Gasteiger partial charge in [-0.3, -0.25) is 0 Å². The normalized spacial score (nSPS) is 14.4. The molecule has 0 aliphatic carbocycles. The first kappa shape index (κ1) is 13.2. The smallest absolute Gasteiger partial charge is 0.337 e. The van der Waals surface area contributed by atoms with E-state index in [2.05, 4.69) is 15.9 Å². The van der Waals surface area contributed by atoms with Gasteiger partial charge in [-0.05, 0) is 24.6 Å². The first-order chi connectivity index (χ1) is 7.42. The Morgan fingerprint density at radius 2 is 2.00 bits per heavy atom. The molecule has 0 aliphatic heterocycles. The molecule has 0 amide bonds. The molecule has 0 fully saturated rings. The van der Waals surface area contributed by atoms with Gasteiger partial charge in [0.25, 0.3) is 0 Å². The molecular formula is C11H13BrO4. The summed E-state index contributed by atoms with van der Waals surface area (Å²) in [5.74, 6) is -1.29. The molecule has 4 nitrogen and oxygen atoms in total. The zero-order chi connectivity index (χ0) is 12.2. The molecule has 1 aromatic carbocycles. The molecule has 0 saturated heterocycles. The third-order valence-corrected chi connectivity index (χ3v) is 2.55. The van der Waals surface area contributed by atoms with Crippen LogP contribution in [-0.2, 0) is 16.1 Å². The molecule has 0 bridgehead atoms. The van der Waals surface area contributed by atoms with Gasteiger partial charge in [-0.2, -0.15) is 0 Å². The minimum absolute atomic E-state index is 0.238. The van der Waals surface area contributed by atoms with E-state index in [0.29, 0.717) is 0 Å². The topological polar surface area (TPSA) is 66.8 Å². The first-order valence-corrected chi connectivity index (χ1v) is 5.49. The van der Waals surface area contributed by atoms with Crippen molar-refractivity contribution < 1.29 is 19.7 Å². The fourth-order valence-corrected chi connectivity index (χ4v) is 1.27. The number of ether oxygens (including phenoxy) is 1. The lowest BCUT2D eigenvalue weighted by molar-refractivity contribution is -0.163. The highest BCUT2D eigenvalue weighted by molar-refractivity contribution is 9.10. The van der Waals surface area contributed by atoms with E-state index < -0.39 is 11.6 Å². The van der Waals surface area contributed by atoms with Gasteiger partial charge in [-0.25, -0.2) is 4.79 Å². The van der Waals surface area contributed by atoms with Crippen LogP contribution in [0.4, 0.5) is 0 Å². The van der Waals surface area contributed by atoms with Crippen LogP contribution in [0.3, 0.4) is 0 Å². The molecule has 2 N–H and O–H groups in total. The quantitative estimate of drug-likeness (QED) is 0.867. The molecular weight excluding hydrogens is 276 g/mol. The summed E-state index contributed by atoms with van der Waals surface area (Å²) in [6.07, 6.45) is 0. The van der Waals surface area contributed by atoms with Crippen LogP contribution in [0.25, 0.3) is 0 Å². The second kappa shape index (κ2) is 5.43. The molecule has 0 aliphatic rings. The fourth-order valence-electron chi connectivity index (χ4n) is 1.01. The van der Waals surface area contributed by atoms with Crippen LogP contribution in [0, 0.1) is 0 Å². The summed E-state index contributed by atoms with van der Waals surface area (Å²) in [5, 5.41) is 18.0. The van der Waals surface area contributed by atoms with Gasteiger partial charge < -0.3 is 14.9 Å². The van der Waals surface area contributed by atoms with E-state index in [9.17, 15) is 9.90 Å². The number of carboxylic acids is 1. The first-order valence-electron chi connectivity index (χ1n) is 4.70. The van der Waals surface area contributed by atoms with Crippen LogP contribution in [-0.4, -0.2) is 28.4 Å². The summed E-state index contributed by atoms with van der Waals surface area (Å²) in [4.78, 5) is 10.6. The number of carbonyl (C=O) groups is 1. The number of hydrogen-bond acceptors (Lipinski definition) is 3. The SMILES string of the molecule is CC(O)(COCc1ccc(Br)cc1)C(=O)O. The number of aliphatic hydroxyl groups is 1. The molecule has 0 spiro atoms. The van der Waals surface area contributed by atoms with Crippen LogP contribution in [0.2, 0.25) is 0 Å². The third kappa shape index (κ3) is 3.92. The van der Waals surface area contributed by atoms with Crippen molar-refractivity contribution in [3.63, 3.8) is 0 Å². The molecule has 0 aromatic heterocycles. The van der Waals surface area contributed by atoms with Gasteiger partial charge in [-0.1, -0.05) is 28.1 Å². The molecule has 0 radical (unpaired) electrons. The van der Waals surface area contributed by atoms with Gasteiger partial charge >= 0.3 is 5.97 Å². The van der Waals surface area contributed by atoms with Crippen molar-refractivity contribution in [2.45, 2.75) is 19.1 Å². The Morgan fingerprint density at radius 3 is 2.50 bits per heavy atom. The Hall–Kier alpha value is -0.910. The molecule has 1 atom stereocenters. The maximum absolute atomic E-state index is 10.6. The summed E-state index contributed by atoms with van der Waals surface area (Å²) in [6.45, 7) is 1.24. The number of halogens is 1. The number of aliphatic carboxylic acids is 1. The van der Waals surface area contributed by atoms with Crippen molar-refractivity contribution in [3.8, 4) is 0 Å². The fraction of sp³-hybridized carbons (Fsp3) is 0.364. The maximum Gasteiger partial charge on any atom is 0.337 e. The van der Waals surface area contributed by atoms with E-state index in [-0.39, 0.29) is 13.2 Å². The van der Waals surface area contributed by atoms with Crippen molar-refractivity contribution in [3.05, 3.63) is 34.3 Å². The minimum Gasteiger partial charge on any atom is -0.479 e. The van der Waals surface area contributed by atoms with Crippen molar-refractivity contribution in [1.82, 2.24) is 0 Å². The Morgan fingerprint density at radius 1 is 1.44 bits per heavy atom. The van der Waals surface area contributed by atoms with Gasteiger partial charge in [0.05, 0.1) is 13.2 Å². The van der Waals surface area contributed by atoms with Crippen molar-refractivity contribution in [1.29, 1.82) is 0 Å². The van der Waals surface area contributed by atoms with Gasteiger partial charge in [0.2, 0.25) is 0 Å². The number of benzene rings is 1. The average Bonchev–Trinajstić information content (AvgIpc) is 2.20. The Labute approximate surface area is 102 Å². The van der Waals surface area contributed by atoms with E-state index in [0.717, 1.165) is 10.0 Å². The Bertz CT molecular complexity index is 359. The lowest BCUT2D eigenvalue weighted by atomic mass is 10.1. The zero-order valence-electron chi connectivity index (χ0n) is 8.81. The Kier molecular flexibility index (Phi) is 4.46.